The molecular weight excluding hydrogens is 309 g/mol. The molecule has 0 spiro atoms. The van der Waals surface area contributed by atoms with Gasteiger partial charge in [-0.25, -0.2) is 4.39 Å². The quantitative estimate of drug-likeness (QED) is 0.812. The highest BCUT2D eigenvalue weighted by molar-refractivity contribution is 9.10. The van der Waals surface area contributed by atoms with Crippen molar-refractivity contribution in [2.75, 3.05) is 11.9 Å². The van der Waals surface area contributed by atoms with Gasteiger partial charge in [-0.1, -0.05) is 18.2 Å². The Kier molecular flexibility index (Phi) is 4.00. The molecule has 2 aromatic carbocycles. The first-order valence-electron chi connectivity index (χ1n) is 5.79. The highest BCUT2D eigenvalue weighted by Gasteiger charge is 2.17. The van der Waals surface area contributed by atoms with Crippen LogP contribution in [0, 0.1) is 12.7 Å². The first kappa shape index (κ1) is 13.7. The zero-order valence-electron chi connectivity index (χ0n) is 10.7. The van der Waals surface area contributed by atoms with Gasteiger partial charge in [0.05, 0.1) is 5.56 Å². The molecule has 0 saturated carbocycles. The van der Waals surface area contributed by atoms with E-state index in [1.54, 1.807) is 25.2 Å². The first-order chi connectivity index (χ1) is 9.00. The molecule has 0 aliphatic rings. The topological polar surface area (TPSA) is 20.3 Å². The Labute approximate surface area is 120 Å². The van der Waals surface area contributed by atoms with Gasteiger partial charge in [0.2, 0.25) is 0 Å². The number of nitrogens with zero attached hydrogens (tertiary/aromatic N) is 1. The highest BCUT2D eigenvalue weighted by atomic mass is 79.9. The maximum Gasteiger partial charge on any atom is 0.259 e. The number of halogens is 2. The summed E-state index contributed by atoms with van der Waals surface area (Å²) in [5, 5.41) is 0. The molecule has 4 heteroatoms. The van der Waals surface area contributed by atoms with Gasteiger partial charge >= 0.3 is 0 Å². The molecule has 0 N–H and O–H groups in total. The molecule has 0 fully saturated rings. The third-order valence-corrected chi connectivity index (χ3v) is 3.97. The van der Waals surface area contributed by atoms with Crippen LogP contribution in [0.1, 0.15) is 15.9 Å². The van der Waals surface area contributed by atoms with Gasteiger partial charge in [-0.2, -0.15) is 0 Å². The number of hydrogen-bond acceptors (Lipinski definition) is 1. The number of carbonyl (C=O) groups is 1. The lowest BCUT2D eigenvalue weighted by Crippen LogP contribution is -2.26. The van der Waals surface area contributed by atoms with Crippen LogP contribution < -0.4 is 4.90 Å². The van der Waals surface area contributed by atoms with Crippen LogP contribution in [-0.2, 0) is 0 Å². The van der Waals surface area contributed by atoms with Crippen molar-refractivity contribution in [3.05, 3.63) is 63.9 Å². The molecule has 0 unspecified atom stereocenters. The molecule has 0 radical (unpaired) electrons. The first-order valence-corrected chi connectivity index (χ1v) is 6.58. The predicted octanol–water partition coefficient (Wildman–Crippen LogP) is 4.17. The Morgan fingerprint density at radius 3 is 2.58 bits per heavy atom. The van der Waals surface area contributed by atoms with Crippen LogP contribution in [0.4, 0.5) is 10.1 Å². The van der Waals surface area contributed by atoms with Crippen LogP contribution in [0.25, 0.3) is 0 Å². The minimum absolute atomic E-state index is 0.179. The maximum atomic E-state index is 13.2. The van der Waals surface area contributed by atoms with E-state index in [1.807, 2.05) is 19.1 Å². The standard InChI is InChI=1S/C15H13BrFNO/c1-10-5-3-8-13(14(10)16)15(19)18(2)12-7-4-6-11(17)9-12/h3-9H,1-2H3. The summed E-state index contributed by atoms with van der Waals surface area (Å²) in [7, 11) is 1.63. The molecule has 1 amide bonds. The molecule has 0 aliphatic carbocycles. The SMILES string of the molecule is Cc1cccc(C(=O)N(C)c2cccc(F)c2)c1Br. The highest BCUT2D eigenvalue weighted by Crippen LogP contribution is 2.24. The van der Waals surface area contributed by atoms with Crippen molar-refractivity contribution in [2.24, 2.45) is 0 Å². The molecule has 2 aromatic rings. The summed E-state index contributed by atoms with van der Waals surface area (Å²) in [6, 6.07) is 11.5. The number of benzene rings is 2. The number of anilines is 1. The average molecular weight is 322 g/mol. The van der Waals surface area contributed by atoms with E-state index in [-0.39, 0.29) is 11.7 Å². The minimum Gasteiger partial charge on any atom is -0.311 e. The van der Waals surface area contributed by atoms with Crippen LogP contribution in [0.5, 0.6) is 0 Å². The summed E-state index contributed by atoms with van der Waals surface area (Å²) in [6.45, 7) is 1.92. The van der Waals surface area contributed by atoms with Gasteiger partial charge in [0.25, 0.3) is 5.91 Å². The average Bonchev–Trinajstić information content (AvgIpc) is 2.40. The van der Waals surface area contributed by atoms with E-state index in [1.165, 1.54) is 17.0 Å². The van der Waals surface area contributed by atoms with Crippen molar-refractivity contribution in [1.29, 1.82) is 0 Å². The zero-order valence-corrected chi connectivity index (χ0v) is 12.2. The van der Waals surface area contributed by atoms with Crippen LogP contribution >= 0.6 is 15.9 Å². The van der Waals surface area contributed by atoms with Gasteiger partial charge in [-0.05, 0) is 52.7 Å². The van der Waals surface area contributed by atoms with E-state index in [2.05, 4.69) is 15.9 Å². The molecule has 2 nitrogen and oxygen atoms in total. The maximum absolute atomic E-state index is 13.2. The summed E-state index contributed by atoms with van der Waals surface area (Å²) in [5.74, 6) is -0.540. The smallest absolute Gasteiger partial charge is 0.259 e. The van der Waals surface area contributed by atoms with Crippen LogP contribution in [0.15, 0.2) is 46.9 Å². The molecule has 19 heavy (non-hydrogen) atoms. The van der Waals surface area contributed by atoms with Crippen LogP contribution in [0.3, 0.4) is 0 Å². The van der Waals surface area contributed by atoms with Gasteiger partial charge in [0.15, 0.2) is 0 Å². The van der Waals surface area contributed by atoms with Crippen molar-refractivity contribution in [1.82, 2.24) is 0 Å². The number of amides is 1. The largest absolute Gasteiger partial charge is 0.311 e. The molecule has 0 heterocycles. The van der Waals surface area contributed by atoms with Gasteiger partial charge in [-0.3, -0.25) is 4.79 Å². The molecule has 0 aromatic heterocycles. The van der Waals surface area contributed by atoms with Crippen molar-refractivity contribution in [3.8, 4) is 0 Å². The van der Waals surface area contributed by atoms with E-state index in [0.29, 0.717) is 11.3 Å². The van der Waals surface area contributed by atoms with E-state index >= 15 is 0 Å². The molecule has 0 aliphatic heterocycles. The second kappa shape index (κ2) is 5.53. The lowest BCUT2D eigenvalue weighted by atomic mass is 10.1. The summed E-state index contributed by atoms with van der Waals surface area (Å²) < 4.78 is 14.0. The lowest BCUT2D eigenvalue weighted by molar-refractivity contribution is 0.0992. The third kappa shape index (κ3) is 2.84. The number of carbonyl (C=O) groups excluding carboxylic acids is 1. The number of aryl methyl sites for hydroxylation is 1. The summed E-state index contributed by atoms with van der Waals surface area (Å²) in [5.41, 5.74) is 2.07. The van der Waals surface area contributed by atoms with Crippen molar-refractivity contribution in [3.63, 3.8) is 0 Å². The predicted molar refractivity (Wildman–Crippen MR) is 78.0 cm³/mol. The Morgan fingerprint density at radius 2 is 1.89 bits per heavy atom. The van der Waals surface area contributed by atoms with E-state index < -0.39 is 0 Å². The molecule has 2 rings (SSSR count). The molecule has 98 valence electrons. The third-order valence-electron chi connectivity index (χ3n) is 2.92. The Bertz CT molecular complexity index is 627. The second-order valence-corrected chi connectivity index (χ2v) is 5.07. The van der Waals surface area contributed by atoms with Gasteiger partial charge < -0.3 is 4.90 Å². The van der Waals surface area contributed by atoms with Gasteiger partial charge in [-0.15, -0.1) is 0 Å². The molecule has 0 saturated heterocycles. The van der Waals surface area contributed by atoms with Gasteiger partial charge in [0, 0.05) is 17.2 Å². The monoisotopic (exact) mass is 321 g/mol. The van der Waals surface area contributed by atoms with E-state index in [4.69, 9.17) is 0 Å². The van der Waals surface area contributed by atoms with E-state index in [0.717, 1.165) is 10.0 Å². The lowest BCUT2D eigenvalue weighted by Gasteiger charge is -2.18. The van der Waals surface area contributed by atoms with Crippen molar-refractivity contribution in [2.45, 2.75) is 6.92 Å². The fraction of sp³-hybridized carbons (Fsp3) is 0.133. The second-order valence-electron chi connectivity index (χ2n) is 4.28. The number of rotatable bonds is 2. The fourth-order valence-electron chi connectivity index (χ4n) is 1.80. The zero-order chi connectivity index (χ0) is 14.0. The molecular formula is C15H13BrFNO. The molecule has 0 bridgehead atoms. The Balaban J connectivity index is 2.36. The normalized spacial score (nSPS) is 10.3. The fourth-order valence-corrected chi connectivity index (χ4v) is 2.23. The van der Waals surface area contributed by atoms with Crippen molar-refractivity contribution < 1.29 is 9.18 Å². The van der Waals surface area contributed by atoms with Crippen LogP contribution in [-0.4, -0.2) is 13.0 Å². The summed E-state index contributed by atoms with van der Waals surface area (Å²) in [6.07, 6.45) is 0. The summed E-state index contributed by atoms with van der Waals surface area (Å²) >= 11 is 3.41. The van der Waals surface area contributed by atoms with E-state index in [9.17, 15) is 9.18 Å². The Morgan fingerprint density at radius 1 is 1.21 bits per heavy atom. The number of hydrogen-bond donors (Lipinski definition) is 0. The Hall–Kier alpha value is -1.68. The minimum atomic E-state index is -0.361. The van der Waals surface area contributed by atoms with Crippen molar-refractivity contribution >= 4 is 27.5 Å². The summed E-state index contributed by atoms with van der Waals surface area (Å²) in [4.78, 5) is 13.8. The molecule has 0 atom stereocenters. The van der Waals surface area contributed by atoms with Crippen LogP contribution in [0.2, 0.25) is 0 Å². The van der Waals surface area contributed by atoms with Gasteiger partial charge in [0.1, 0.15) is 5.82 Å².